The zero-order valence-corrected chi connectivity index (χ0v) is 16.1. The van der Waals surface area contributed by atoms with Crippen molar-refractivity contribution in [3.05, 3.63) is 23.8 Å². The van der Waals surface area contributed by atoms with Gasteiger partial charge in [-0.25, -0.2) is 0 Å². The second-order valence-corrected chi connectivity index (χ2v) is 6.04. The highest BCUT2D eigenvalue weighted by atomic mass is 35.5. The number of ether oxygens (including phenoxy) is 2. The topological polar surface area (TPSA) is 33.7 Å². The lowest BCUT2D eigenvalue weighted by molar-refractivity contribution is 0.151. The molecule has 0 aliphatic carbocycles. The summed E-state index contributed by atoms with van der Waals surface area (Å²) in [5.41, 5.74) is 1.27. The second-order valence-electron chi connectivity index (χ2n) is 6.04. The standard InChI is InChI=1S/C17H28N2O2.2ClH/c1-13(2)11-16(19-9-7-18-8-10-19)15-6-5-14(20-3)12-17(15)21-4;;/h5-6,12-13,16,18H,7-11H2,1-4H3;2*1H/t16-;;/m0../s1. The third-order valence-corrected chi connectivity index (χ3v) is 4.09. The van der Waals surface area contributed by atoms with Crippen LogP contribution in [-0.4, -0.2) is 45.3 Å². The first-order chi connectivity index (χ1) is 10.2. The monoisotopic (exact) mass is 364 g/mol. The van der Waals surface area contributed by atoms with Gasteiger partial charge in [0, 0.05) is 43.9 Å². The molecule has 0 amide bonds. The lowest BCUT2D eigenvalue weighted by Crippen LogP contribution is -2.45. The highest BCUT2D eigenvalue weighted by Crippen LogP contribution is 2.36. The van der Waals surface area contributed by atoms with Crippen LogP contribution in [0.25, 0.3) is 0 Å². The van der Waals surface area contributed by atoms with E-state index >= 15 is 0 Å². The molecule has 1 N–H and O–H groups in total. The van der Waals surface area contributed by atoms with Crippen LogP contribution < -0.4 is 14.8 Å². The van der Waals surface area contributed by atoms with E-state index in [0.717, 1.165) is 44.1 Å². The molecule has 23 heavy (non-hydrogen) atoms. The van der Waals surface area contributed by atoms with E-state index in [1.807, 2.05) is 12.1 Å². The highest BCUT2D eigenvalue weighted by Gasteiger charge is 2.25. The zero-order chi connectivity index (χ0) is 15.2. The van der Waals surface area contributed by atoms with Crippen LogP contribution in [0.4, 0.5) is 0 Å². The van der Waals surface area contributed by atoms with Gasteiger partial charge in [0.15, 0.2) is 0 Å². The molecule has 1 aliphatic heterocycles. The van der Waals surface area contributed by atoms with Crippen LogP contribution in [0.5, 0.6) is 11.5 Å². The molecule has 0 aromatic heterocycles. The van der Waals surface area contributed by atoms with Crippen LogP contribution in [0.15, 0.2) is 18.2 Å². The van der Waals surface area contributed by atoms with Crippen molar-refractivity contribution in [1.82, 2.24) is 10.2 Å². The van der Waals surface area contributed by atoms with Gasteiger partial charge in [-0.1, -0.05) is 19.9 Å². The first-order valence-electron chi connectivity index (χ1n) is 7.82. The fraction of sp³-hybridized carbons (Fsp3) is 0.647. The summed E-state index contributed by atoms with van der Waals surface area (Å²) in [6.45, 7) is 8.87. The third-order valence-electron chi connectivity index (χ3n) is 4.09. The Hall–Kier alpha value is -0.680. The number of hydrogen-bond donors (Lipinski definition) is 1. The molecule has 0 saturated carbocycles. The highest BCUT2D eigenvalue weighted by molar-refractivity contribution is 5.85. The van der Waals surface area contributed by atoms with E-state index in [1.165, 1.54) is 5.56 Å². The Morgan fingerprint density at radius 3 is 2.26 bits per heavy atom. The van der Waals surface area contributed by atoms with E-state index in [0.29, 0.717) is 12.0 Å². The quantitative estimate of drug-likeness (QED) is 0.836. The zero-order valence-electron chi connectivity index (χ0n) is 14.5. The lowest BCUT2D eigenvalue weighted by atomic mass is 9.94. The van der Waals surface area contributed by atoms with Crippen molar-refractivity contribution in [2.24, 2.45) is 5.92 Å². The van der Waals surface area contributed by atoms with E-state index in [-0.39, 0.29) is 24.8 Å². The number of halogens is 2. The van der Waals surface area contributed by atoms with Gasteiger partial charge in [-0.2, -0.15) is 0 Å². The molecule has 0 spiro atoms. The fourth-order valence-electron chi connectivity index (χ4n) is 3.01. The largest absolute Gasteiger partial charge is 0.497 e. The van der Waals surface area contributed by atoms with Crippen molar-refractivity contribution in [2.45, 2.75) is 26.3 Å². The van der Waals surface area contributed by atoms with Crippen molar-refractivity contribution >= 4 is 24.8 Å². The molecule has 134 valence electrons. The number of methoxy groups -OCH3 is 2. The molecule has 1 aromatic carbocycles. The van der Waals surface area contributed by atoms with Gasteiger partial charge < -0.3 is 14.8 Å². The Morgan fingerprint density at radius 1 is 1.09 bits per heavy atom. The summed E-state index contributed by atoms with van der Waals surface area (Å²) in [6.07, 6.45) is 1.14. The fourth-order valence-corrected chi connectivity index (χ4v) is 3.01. The summed E-state index contributed by atoms with van der Waals surface area (Å²) in [6, 6.07) is 6.60. The first-order valence-corrected chi connectivity index (χ1v) is 7.82. The molecule has 1 fully saturated rings. The molecule has 1 atom stereocenters. The molecule has 1 saturated heterocycles. The van der Waals surface area contributed by atoms with Gasteiger partial charge in [0.2, 0.25) is 0 Å². The number of nitrogens with zero attached hydrogens (tertiary/aromatic N) is 1. The van der Waals surface area contributed by atoms with E-state index in [2.05, 4.69) is 30.1 Å². The number of benzene rings is 1. The van der Waals surface area contributed by atoms with E-state index in [4.69, 9.17) is 9.47 Å². The van der Waals surface area contributed by atoms with Crippen molar-refractivity contribution in [3.63, 3.8) is 0 Å². The maximum atomic E-state index is 5.62. The Balaban J connectivity index is 0.00000242. The van der Waals surface area contributed by atoms with Gasteiger partial charge in [-0.15, -0.1) is 24.8 Å². The van der Waals surface area contributed by atoms with Crippen LogP contribution in [0.3, 0.4) is 0 Å². The Bertz CT molecular complexity index is 452. The Labute approximate surface area is 152 Å². The summed E-state index contributed by atoms with van der Waals surface area (Å²) in [7, 11) is 3.43. The predicted molar refractivity (Wildman–Crippen MR) is 101 cm³/mol. The summed E-state index contributed by atoms with van der Waals surface area (Å²) in [5, 5.41) is 3.43. The van der Waals surface area contributed by atoms with Gasteiger partial charge in [0.1, 0.15) is 11.5 Å². The van der Waals surface area contributed by atoms with Crippen LogP contribution in [0, 0.1) is 5.92 Å². The van der Waals surface area contributed by atoms with Crippen LogP contribution >= 0.6 is 24.8 Å². The third kappa shape index (κ3) is 6.03. The SMILES string of the molecule is COc1ccc([C@H](CC(C)C)N2CCNCC2)c(OC)c1.Cl.Cl. The van der Waals surface area contributed by atoms with Crippen LogP contribution in [0.2, 0.25) is 0 Å². The van der Waals surface area contributed by atoms with Crippen LogP contribution in [-0.2, 0) is 0 Å². The van der Waals surface area contributed by atoms with Gasteiger partial charge >= 0.3 is 0 Å². The molecule has 4 nitrogen and oxygen atoms in total. The smallest absolute Gasteiger partial charge is 0.127 e. The number of piperazine rings is 1. The van der Waals surface area contributed by atoms with Gasteiger partial charge in [0.25, 0.3) is 0 Å². The van der Waals surface area contributed by atoms with Crippen LogP contribution in [0.1, 0.15) is 31.9 Å². The summed E-state index contributed by atoms with van der Waals surface area (Å²) < 4.78 is 10.9. The minimum absolute atomic E-state index is 0. The van der Waals surface area contributed by atoms with Crippen molar-refractivity contribution in [1.29, 1.82) is 0 Å². The lowest BCUT2D eigenvalue weighted by Gasteiger charge is -2.36. The maximum absolute atomic E-state index is 5.62. The summed E-state index contributed by atoms with van der Waals surface area (Å²) in [5.74, 6) is 2.43. The minimum atomic E-state index is 0. The molecular formula is C17H30Cl2N2O2. The van der Waals surface area contributed by atoms with Gasteiger partial charge in [0.05, 0.1) is 14.2 Å². The second kappa shape index (κ2) is 11.0. The van der Waals surface area contributed by atoms with E-state index < -0.39 is 0 Å². The van der Waals surface area contributed by atoms with Gasteiger partial charge in [-0.05, 0) is 18.4 Å². The minimum Gasteiger partial charge on any atom is -0.497 e. The summed E-state index contributed by atoms with van der Waals surface area (Å²) in [4.78, 5) is 2.57. The molecule has 0 bridgehead atoms. The van der Waals surface area contributed by atoms with E-state index in [1.54, 1.807) is 14.2 Å². The van der Waals surface area contributed by atoms with E-state index in [9.17, 15) is 0 Å². The molecule has 1 heterocycles. The molecular weight excluding hydrogens is 335 g/mol. The van der Waals surface area contributed by atoms with Crippen molar-refractivity contribution < 1.29 is 9.47 Å². The molecule has 1 aromatic rings. The van der Waals surface area contributed by atoms with Crippen molar-refractivity contribution in [2.75, 3.05) is 40.4 Å². The molecule has 2 rings (SSSR count). The predicted octanol–water partition coefficient (Wildman–Crippen LogP) is 3.54. The Morgan fingerprint density at radius 2 is 1.74 bits per heavy atom. The number of nitrogens with one attached hydrogen (secondary N) is 1. The normalized spacial score (nSPS) is 16.2. The molecule has 6 heteroatoms. The van der Waals surface area contributed by atoms with Gasteiger partial charge in [-0.3, -0.25) is 4.90 Å². The number of rotatable bonds is 6. The van der Waals surface area contributed by atoms with Crippen molar-refractivity contribution in [3.8, 4) is 11.5 Å². The Kier molecular flexibility index (Phi) is 10.7. The molecule has 0 radical (unpaired) electrons. The first kappa shape index (κ1) is 22.3. The average molecular weight is 365 g/mol. The average Bonchev–Trinajstić information content (AvgIpc) is 2.52. The number of hydrogen-bond acceptors (Lipinski definition) is 4. The maximum Gasteiger partial charge on any atom is 0.127 e. The summed E-state index contributed by atoms with van der Waals surface area (Å²) >= 11 is 0. The molecule has 0 unspecified atom stereocenters. The molecule has 1 aliphatic rings.